The molecule has 5 rings (SSSR count). The third-order valence-electron chi connectivity index (χ3n) is 7.97. The highest BCUT2D eigenvalue weighted by Crippen LogP contribution is 2.35. The maximum atomic E-state index is 9.99. The molecule has 3 fully saturated rings. The number of nitrogens with zero attached hydrogens (tertiary/aromatic N) is 4. The fraction of sp³-hybridized carbons (Fsp3) is 0.593. The molecule has 3 saturated heterocycles. The average molecular weight is 511 g/mol. The lowest BCUT2D eigenvalue weighted by atomic mass is 9.85. The van der Waals surface area contributed by atoms with E-state index in [1.54, 1.807) is 7.11 Å². The molecule has 0 amide bonds. The number of hydrogen-bond donors (Lipinski definition) is 3. The summed E-state index contributed by atoms with van der Waals surface area (Å²) in [6, 6.07) is 6.76. The van der Waals surface area contributed by atoms with Gasteiger partial charge in [0.25, 0.3) is 0 Å². The number of nitrogens with one attached hydrogen (secondary N) is 2. The predicted molar refractivity (Wildman–Crippen MR) is 143 cm³/mol. The molecule has 10 nitrogen and oxygen atoms in total. The summed E-state index contributed by atoms with van der Waals surface area (Å²) >= 11 is 0. The Labute approximate surface area is 218 Å². The van der Waals surface area contributed by atoms with Crippen LogP contribution in [0.3, 0.4) is 0 Å². The predicted octanol–water partition coefficient (Wildman–Crippen LogP) is 2.70. The van der Waals surface area contributed by atoms with Crippen LogP contribution in [0.1, 0.15) is 42.4 Å². The van der Waals surface area contributed by atoms with Crippen LogP contribution < -0.4 is 15.0 Å². The van der Waals surface area contributed by atoms with Crippen LogP contribution in [0.5, 0.6) is 6.01 Å². The molecule has 0 saturated carbocycles. The normalized spacial score (nSPS) is 23.5. The molecule has 3 aliphatic heterocycles. The highest BCUT2D eigenvalue weighted by molar-refractivity contribution is 5.88. The van der Waals surface area contributed by atoms with E-state index in [4.69, 9.17) is 19.6 Å². The Morgan fingerprint density at radius 2 is 1.97 bits per heavy atom. The quantitative estimate of drug-likeness (QED) is 0.461. The van der Waals surface area contributed by atoms with Crippen molar-refractivity contribution in [2.75, 3.05) is 63.4 Å². The van der Waals surface area contributed by atoms with E-state index in [9.17, 15) is 5.11 Å². The second kappa shape index (κ2) is 11.3. The number of hydrogen-bond acceptors (Lipinski definition) is 10. The summed E-state index contributed by atoms with van der Waals surface area (Å²) in [7, 11) is 1.55. The second-order valence-electron chi connectivity index (χ2n) is 10.2. The lowest BCUT2D eigenvalue weighted by molar-refractivity contribution is -0.0712. The number of likely N-dealkylation sites (tertiary alicyclic amines) is 1. The molecule has 3 aliphatic rings. The fourth-order valence-electron chi connectivity index (χ4n) is 5.68. The summed E-state index contributed by atoms with van der Waals surface area (Å²) in [6.45, 7) is 9.12. The first-order valence-electron chi connectivity index (χ1n) is 13.2. The molecule has 1 aromatic carbocycles. The Kier molecular flexibility index (Phi) is 7.89. The number of aliphatic hydroxyl groups excluding tert-OH is 1. The number of rotatable bonds is 8. The number of anilines is 3. The van der Waals surface area contributed by atoms with Crippen LogP contribution in [0.4, 0.5) is 17.3 Å². The van der Waals surface area contributed by atoms with Gasteiger partial charge >= 0.3 is 6.01 Å². The molecule has 2 atom stereocenters. The van der Waals surface area contributed by atoms with E-state index < -0.39 is 0 Å². The van der Waals surface area contributed by atoms with Crippen molar-refractivity contribution < 1.29 is 19.3 Å². The number of aryl methyl sites for hydroxylation is 1. The molecule has 0 bridgehead atoms. The number of aromatic nitrogens is 2. The number of morpholine rings is 1. The van der Waals surface area contributed by atoms with Gasteiger partial charge in [-0.05, 0) is 69.0 Å². The minimum Gasteiger partial charge on any atom is -0.467 e. The fourth-order valence-corrected chi connectivity index (χ4v) is 5.68. The zero-order valence-corrected chi connectivity index (χ0v) is 21.9. The number of ether oxygens (including phenoxy) is 3. The maximum absolute atomic E-state index is 9.99. The first-order chi connectivity index (χ1) is 18.0. The van der Waals surface area contributed by atoms with E-state index in [0.29, 0.717) is 36.7 Å². The van der Waals surface area contributed by atoms with Gasteiger partial charge in [-0.2, -0.15) is 9.97 Å². The van der Waals surface area contributed by atoms with E-state index in [1.807, 2.05) is 17.9 Å². The van der Waals surface area contributed by atoms with Gasteiger partial charge in [-0.25, -0.2) is 0 Å². The van der Waals surface area contributed by atoms with E-state index in [0.717, 1.165) is 50.4 Å². The number of aliphatic hydroxyl groups is 1. The first-order valence-corrected chi connectivity index (χ1v) is 13.2. The molecule has 0 radical (unpaired) electrons. The topological polar surface area (TPSA) is 116 Å². The highest BCUT2D eigenvalue weighted by atomic mass is 16.5. The Bertz CT molecular complexity index is 1100. The van der Waals surface area contributed by atoms with Crippen molar-refractivity contribution in [2.24, 2.45) is 0 Å². The smallest absolute Gasteiger partial charge is 0.320 e. The summed E-state index contributed by atoms with van der Waals surface area (Å²) in [4.78, 5) is 13.7. The zero-order valence-electron chi connectivity index (χ0n) is 21.9. The van der Waals surface area contributed by atoms with Crippen molar-refractivity contribution in [3.8, 4) is 6.01 Å². The minimum atomic E-state index is -0.207. The summed E-state index contributed by atoms with van der Waals surface area (Å²) in [5, 5.41) is 21.5. The second-order valence-corrected chi connectivity index (χ2v) is 10.2. The molecular formula is C27H38N6O4. The van der Waals surface area contributed by atoms with E-state index in [1.165, 1.54) is 17.3 Å². The molecule has 10 heteroatoms. The largest absolute Gasteiger partial charge is 0.467 e. The molecule has 1 aromatic heterocycles. The van der Waals surface area contributed by atoms with Gasteiger partial charge in [0, 0.05) is 30.1 Å². The molecule has 4 heterocycles. The van der Waals surface area contributed by atoms with E-state index in [2.05, 4.69) is 39.2 Å². The molecule has 3 N–H and O–H groups in total. The molecule has 0 spiro atoms. The molecule has 37 heavy (non-hydrogen) atoms. The molecule has 200 valence electrons. The molecule has 2 unspecified atom stereocenters. The lowest BCUT2D eigenvalue weighted by Gasteiger charge is -2.41. The van der Waals surface area contributed by atoms with Crippen molar-refractivity contribution in [3.63, 3.8) is 0 Å². The van der Waals surface area contributed by atoms with Gasteiger partial charge < -0.3 is 34.9 Å². The van der Waals surface area contributed by atoms with Gasteiger partial charge in [0.2, 0.25) is 0 Å². The van der Waals surface area contributed by atoms with Crippen molar-refractivity contribution in [1.29, 1.82) is 5.41 Å². The van der Waals surface area contributed by atoms with Crippen LogP contribution in [-0.4, -0.2) is 97.5 Å². The van der Waals surface area contributed by atoms with Gasteiger partial charge in [-0.3, -0.25) is 4.90 Å². The first kappa shape index (κ1) is 25.8. The van der Waals surface area contributed by atoms with Gasteiger partial charge in [-0.1, -0.05) is 0 Å². The van der Waals surface area contributed by atoms with Crippen molar-refractivity contribution >= 4 is 23.5 Å². The van der Waals surface area contributed by atoms with Crippen LogP contribution in [0.15, 0.2) is 18.2 Å². The Hall–Kier alpha value is -2.79. The van der Waals surface area contributed by atoms with Crippen molar-refractivity contribution in [3.05, 3.63) is 34.9 Å². The SMILES string of the molecule is COc1nc(Nc2cc(C3CCN(C4COC4)CC3)c(C)cc2C=N)cc(N2CCOC(C)C2CO)n1. The third-order valence-corrected chi connectivity index (χ3v) is 7.97. The number of benzene rings is 1. The van der Waals surface area contributed by atoms with E-state index in [-0.39, 0.29) is 24.8 Å². The average Bonchev–Trinajstić information content (AvgIpc) is 2.88. The van der Waals surface area contributed by atoms with Crippen LogP contribution >= 0.6 is 0 Å². The standard InChI is InChI=1S/C27H38N6O4/c1-17-10-20(13-28)23(11-22(17)19-4-6-32(7-5-19)21-15-36-16-21)29-25-12-26(31-27(30-25)35-3)33-8-9-37-18(2)24(33)14-34/h10-13,18-19,21,24,28,34H,4-9,14-16H2,1-3H3,(H,29,30,31). The monoisotopic (exact) mass is 510 g/mol. The van der Waals surface area contributed by atoms with E-state index >= 15 is 0 Å². The summed E-state index contributed by atoms with van der Waals surface area (Å²) in [5.74, 6) is 1.73. The summed E-state index contributed by atoms with van der Waals surface area (Å²) in [6.07, 6.45) is 3.49. The third kappa shape index (κ3) is 5.43. The highest BCUT2D eigenvalue weighted by Gasteiger charge is 2.32. The van der Waals surface area contributed by atoms with Gasteiger partial charge in [0.15, 0.2) is 0 Å². The number of piperidine rings is 1. The van der Waals surface area contributed by atoms with Gasteiger partial charge in [-0.15, -0.1) is 0 Å². The number of methoxy groups -OCH3 is 1. The minimum absolute atomic E-state index is 0.0396. The van der Waals surface area contributed by atoms with Crippen LogP contribution in [-0.2, 0) is 9.47 Å². The summed E-state index contributed by atoms with van der Waals surface area (Å²) < 4.78 is 16.5. The Morgan fingerprint density at radius 3 is 2.62 bits per heavy atom. The Balaban J connectivity index is 1.40. The Morgan fingerprint density at radius 1 is 1.19 bits per heavy atom. The molecule has 2 aromatic rings. The molecular weight excluding hydrogens is 472 g/mol. The van der Waals surface area contributed by atoms with Crippen molar-refractivity contribution in [2.45, 2.75) is 50.8 Å². The van der Waals surface area contributed by atoms with Crippen LogP contribution in [0.2, 0.25) is 0 Å². The van der Waals surface area contributed by atoms with Gasteiger partial charge in [0.1, 0.15) is 11.6 Å². The van der Waals surface area contributed by atoms with Crippen LogP contribution in [0, 0.1) is 12.3 Å². The van der Waals surface area contributed by atoms with Crippen molar-refractivity contribution in [1.82, 2.24) is 14.9 Å². The maximum Gasteiger partial charge on any atom is 0.320 e. The van der Waals surface area contributed by atoms with Crippen LogP contribution in [0.25, 0.3) is 0 Å². The zero-order chi connectivity index (χ0) is 25.9. The van der Waals surface area contributed by atoms with Gasteiger partial charge in [0.05, 0.1) is 51.7 Å². The summed E-state index contributed by atoms with van der Waals surface area (Å²) in [5.41, 5.74) is 4.17. The molecule has 0 aliphatic carbocycles. The lowest BCUT2D eigenvalue weighted by Crippen LogP contribution is -2.52.